The van der Waals surface area contributed by atoms with E-state index in [0.717, 1.165) is 18.9 Å². The van der Waals surface area contributed by atoms with Crippen LogP contribution in [0, 0.1) is 0 Å². The van der Waals surface area contributed by atoms with Crippen LogP contribution >= 0.6 is 33.9 Å². The molecule has 4 nitrogen and oxygen atoms in total. The summed E-state index contributed by atoms with van der Waals surface area (Å²) in [4.78, 5) is 13.4. The Balaban J connectivity index is 2.47. The molecule has 0 bridgehead atoms. The van der Waals surface area contributed by atoms with Crippen molar-refractivity contribution in [3.8, 4) is 0 Å². The standard InChI is InChI=1S/C11H10Cl3NO3S/c1-15(7-2-3-7)11(16)6-4-8(12)10(13)9(5-6)19(14,17)18/h4-5,7H,2-3H2,1H3. The van der Waals surface area contributed by atoms with Crippen LogP contribution in [0.1, 0.15) is 23.2 Å². The predicted octanol–water partition coefficient (Wildman–Crippen LogP) is 3.16. The van der Waals surface area contributed by atoms with Gasteiger partial charge < -0.3 is 4.90 Å². The molecule has 0 radical (unpaired) electrons. The molecule has 0 aromatic heterocycles. The minimum Gasteiger partial charge on any atom is -0.339 e. The lowest BCUT2D eigenvalue weighted by molar-refractivity contribution is 0.0785. The van der Waals surface area contributed by atoms with Gasteiger partial charge in [-0.3, -0.25) is 4.79 Å². The molecule has 1 saturated carbocycles. The number of rotatable bonds is 3. The zero-order valence-electron chi connectivity index (χ0n) is 9.86. The van der Waals surface area contributed by atoms with Crippen molar-refractivity contribution >= 4 is 48.8 Å². The fourth-order valence-corrected chi connectivity index (χ4v) is 3.46. The summed E-state index contributed by atoms with van der Waals surface area (Å²) >= 11 is 11.6. The highest BCUT2D eigenvalue weighted by Crippen LogP contribution is 2.34. The minimum absolute atomic E-state index is 0.0176. The number of hydrogen-bond donors (Lipinski definition) is 0. The first-order valence-corrected chi connectivity index (χ1v) is 8.49. The summed E-state index contributed by atoms with van der Waals surface area (Å²) in [6, 6.07) is 2.70. The molecule has 0 atom stereocenters. The van der Waals surface area contributed by atoms with E-state index in [2.05, 4.69) is 0 Å². The third-order valence-electron chi connectivity index (χ3n) is 2.92. The van der Waals surface area contributed by atoms with Crippen molar-refractivity contribution in [3.63, 3.8) is 0 Å². The smallest absolute Gasteiger partial charge is 0.262 e. The van der Waals surface area contributed by atoms with E-state index in [1.165, 1.54) is 6.07 Å². The SMILES string of the molecule is CN(C(=O)c1cc(Cl)c(Cl)c(S(=O)(=O)Cl)c1)C1CC1. The van der Waals surface area contributed by atoms with Crippen LogP contribution in [0.5, 0.6) is 0 Å². The first kappa shape index (κ1) is 14.9. The van der Waals surface area contributed by atoms with Gasteiger partial charge in [-0.1, -0.05) is 23.2 Å². The highest BCUT2D eigenvalue weighted by atomic mass is 35.7. The van der Waals surface area contributed by atoms with Crippen LogP contribution in [-0.2, 0) is 9.05 Å². The quantitative estimate of drug-likeness (QED) is 0.793. The Hall–Kier alpha value is -0.490. The summed E-state index contributed by atoms with van der Waals surface area (Å²) in [6.07, 6.45) is 1.90. The van der Waals surface area contributed by atoms with Gasteiger partial charge in [0.05, 0.1) is 10.0 Å². The zero-order chi connectivity index (χ0) is 14.4. The second-order valence-electron chi connectivity index (χ2n) is 4.36. The Morgan fingerprint density at radius 1 is 1.32 bits per heavy atom. The van der Waals surface area contributed by atoms with Gasteiger partial charge >= 0.3 is 0 Å². The van der Waals surface area contributed by atoms with Crippen LogP contribution in [0.2, 0.25) is 10.0 Å². The van der Waals surface area contributed by atoms with E-state index < -0.39 is 9.05 Å². The van der Waals surface area contributed by atoms with Gasteiger partial charge in [0.2, 0.25) is 0 Å². The molecule has 0 aliphatic heterocycles. The largest absolute Gasteiger partial charge is 0.339 e. The first-order valence-electron chi connectivity index (χ1n) is 5.42. The maximum Gasteiger partial charge on any atom is 0.262 e. The van der Waals surface area contributed by atoms with Crippen LogP contribution in [0.3, 0.4) is 0 Å². The van der Waals surface area contributed by atoms with E-state index in [1.807, 2.05) is 0 Å². The van der Waals surface area contributed by atoms with Crippen molar-refractivity contribution in [1.82, 2.24) is 4.90 Å². The van der Waals surface area contributed by atoms with Crippen LogP contribution in [-0.4, -0.2) is 32.3 Å². The minimum atomic E-state index is -4.06. The van der Waals surface area contributed by atoms with E-state index in [1.54, 1.807) is 11.9 Å². The molecule has 0 unspecified atom stereocenters. The van der Waals surface area contributed by atoms with Gasteiger partial charge in [0.1, 0.15) is 4.90 Å². The number of carbonyl (C=O) groups excluding carboxylic acids is 1. The van der Waals surface area contributed by atoms with E-state index in [0.29, 0.717) is 0 Å². The molecule has 1 amide bonds. The molecule has 1 aliphatic rings. The van der Waals surface area contributed by atoms with Gasteiger partial charge in [-0.15, -0.1) is 0 Å². The highest BCUT2D eigenvalue weighted by molar-refractivity contribution is 8.13. The van der Waals surface area contributed by atoms with Crippen molar-refractivity contribution in [2.45, 2.75) is 23.8 Å². The Bertz CT molecular complexity index is 641. The van der Waals surface area contributed by atoms with E-state index in [9.17, 15) is 13.2 Å². The topological polar surface area (TPSA) is 54.5 Å². The molecule has 1 fully saturated rings. The molecule has 0 N–H and O–H groups in total. The van der Waals surface area contributed by atoms with E-state index in [4.69, 9.17) is 33.9 Å². The average Bonchev–Trinajstić information content (AvgIpc) is 3.13. The summed E-state index contributed by atoms with van der Waals surface area (Å²) in [7, 11) is 2.88. The third-order valence-corrected chi connectivity index (χ3v) is 5.18. The number of nitrogens with zero attached hydrogens (tertiary/aromatic N) is 1. The van der Waals surface area contributed by atoms with Crippen LogP contribution in [0.25, 0.3) is 0 Å². The fourth-order valence-electron chi connectivity index (χ4n) is 1.70. The molecular formula is C11H10Cl3NO3S. The van der Waals surface area contributed by atoms with Crippen molar-refractivity contribution < 1.29 is 13.2 Å². The summed E-state index contributed by atoms with van der Waals surface area (Å²) in [6.45, 7) is 0. The number of amides is 1. The Labute approximate surface area is 125 Å². The Morgan fingerprint density at radius 2 is 1.89 bits per heavy atom. The number of benzene rings is 1. The molecule has 1 aliphatic carbocycles. The monoisotopic (exact) mass is 341 g/mol. The average molecular weight is 343 g/mol. The number of hydrogen-bond acceptors (Lipinski definition) is 3. The highest BCUT2D eigenvalue weighted by Gasteiger charge is 2.31. The first-order chi connectivity index (χ1) is 8.71. The fraction of sp³-hybridized carbons (Fsp3) is 0.364. The van der Waals surface area contributed by atoms with Gasteiger partial charge in [-0.2, -0.15) is 0 Å². The molecule has 0 saturated heterocycles. The molecule has 1 aromatic rings. The van der Waals surface area contributed by atoms with Crippen LogP contribution < -0.4 is 0 Å². The second-order valence-corrected chi connectivity index (χ2v) is 7.67. The molecule has 0 spiro atoms. The number of carbonyl (C=O) groups is 1. The van der Waals surface area contributed by atoms with Gasteiger partial charge in [0.15, 0.2) is 0 Å². The van der Waals surface area contributed by atoms with Gasteiger partial charge in [0.25, 0.3) is 15.0 Å². The Kier molecular flexibility index (Phi) is 4.02. The summed E-state index contributed by atoms with van der Waals surface area (Å²) < 4.78 is 22.8. The van der Waals surface area contributed by atoms with Crippen molar-refractivity contribution in [2.75, 3.05) is 7.05 Å². The molecular weight excluding hydrogens is 333 g/mol. The van der Waals surface area contributed by atoms with Crippen LogP contribution in [0.15, 0.2) is 17.0 Å². The van der Waals surface area contributed by atoms with Crippen molar-refractivity contribution in [3.05, 3.63) is 27.7 Å². The maximum absolute atomic E-state index is 12.2. The normalized spacial score (nSPS) is 15.4. The Morgan fingerprint density at radius 3 is 2.37 bits per heavy atom. The van der Waals surface area contributed by atoms with Crippen molar-refractivity contribution in [2.24, 2.45) is 0 Å². The zero-order valence-corrected chi connectivity index (χ0v) is 12.9. The lowest BCUT2D eigenvalue weighted by Crippen LogP contribution is -2.28. The molecule has 8 heteroatoms. The lowest BCUT2D eigenvalue weighted by Gasteiger charge is -2.17. The van der Waals surface area contributed by atoms with E-state index in [-0.39, 0.29) is 32.5 Å². The van der Waals surface area contributed by atoms with Gasteiger partial charge in [0, 0.05) is 29.3 Å². The molecule has 2 rings (SSSR count). The maximum atomic E-state index is 12.2. The third kappa shape index (κ3) is 3.16. The predicted molar refractivity (Wildman–Crippen MR) is 74.6 cm³/mol. The van der Waals surface area contributed by atoms with Gasteiger partial charge in [-0.25, -0.2) is 8.42 Å². The lowest BCUT2D eigenvalue weighted by atomic mass is 10.2. The van der Waals surface area contributed by atoms with Gasteiger partial charge in [-0.05, 0) is 25.0 Å². The molecule has 104 valence electrons. The van der Waals surface area contributed by atoms with E-state index >= 15 is 0 Å². The number of halogens is 3. The van der Waals surface area contributed by atoms with Crippen LogP contribution in [0.4, 0.5) is 0 Å². The summed E-state index contributed by atoms with van der Waals surface area (Å²) in [5.74, 6) is -0.303. The molecule has 0 heterocycles. The molecule has 1 aromatic carbocycles. The second kappa shape index (κ2) is 5.13. The molecule has 19 heavy (non-hydrogen) atoms. The van der Waals surface area contributed by atoms with Crippen molar-refractivity contribution in [1.29, 1.82) is 0 Å². The summed E-state index contributed by atoms with van der Waals surface area (Å²) in [5.41, 5.74) is 0.156. The summed E-state index contributed by atoms with van der Waals surface area (Å²) in [5, 5.41) is -0.196.